The number of Topliss-reactive ketones (excluding diaryl/α,β-unsaturated/α-hetero) is 1. The van der Waals surface area contributed by atoms with Crippen LogP contribution in [0.15, 0.2) is 48.5 Å². The van der Waals surface area contributed by atoms with E-state index >= 15 is 0 Å². The molecule has 0 bridgehead atoms. The van der Waals surface area contributed by atoms with Gasteiger partial charge in [0.2, 0.25) is 5.78 Å². The van der Waals surface area contributed by atoms with Gasteiger partial charge in [0.1, 0.15) is 5.82 Å². The van der Waals surface area contributed by atoms with E-state index in [9.17, 15) is 18.8 Å². The number of carbonyl (C=O) groups excluding carboxylic acids is 3. The molecule has 6 heteroatoms. The summed E-state index contributed by atoms with van der Waals surface area (Å²) in [5, 5.41) is 0. The Kier molecular flexibility index (Phi) is 6.42. The van der Waals surface area contributed by atoms with Gasteiger partial charge >= 0.3 is 5.97 Å². The van der Waals surface area contributed by atoms with Gasteiger partial charge in [0.25, 0.3) is 5.91 Å². The molecule has 1 heterocycles. The smallest absolute Gasteiger partial charge is 0.309 e. The molecule has 1 amide bonds. The first kappa shape index (κ1) is 20.7. The van der Waals surface area contributed by atoms with E-state index in [-0.39, 0.29) is 17.6 Å². The number of ketones is 1. The summed E-state index contributed by atoms with van der Waals surface area (Å²) in [5.74, 6) is -1.56. The van der Waals surface area contributed by atoms with Crippen LogP contribution in [0.5, 0.6) is 0 Å². The second-order valence-corrected chi connectivity index (χ2v) is 7.38. The number of benzene rings is 2. The van der Waals surface area contributed by atoms with Gasteiger partial charge in [-0.25, -0.2) is 4.39 Å². The second-order valence-electron chi connectivity index (χ2n) is 7.38. The minimum atomic E-state index is -0.857. The fourth-order valence-corrected chi connectivity index (χ4v) is 3.37. The highest BCUT2D eigenvalue weighted by Gasteiger charge is 2.31. The van der Waals surface area contributed by atoms with Crippen molar-refractivity contribution in [1.29, 1.82) is 0 Å². The predicted molar refractivity (Wildman–Crippen MR) is 106 cm³/mol. The maximum atomic E-state index is 13.0. The summed E-state index contributed by atoms with van der Waals surface area (Å²) in [6, 6.07) is 12.6. The summed E-state index contributed by atoms with van der Waals surface area (Å²) >= 11 is 0. The number of halogens is 1. The van der Waals surface area contributed by atoms with Crippen LogP contribution in [0.4, 0.5) is 4.39 Å². The van der Waals surface area contributed by atoms with Crippen molar-refractivity contribution in [2.45, 2.75) is 32.8 Å². The lowest BCUT2D eigenvalue weighted by Gasteiger charge is -2.31. The third-order valence-corrected chi connectivity index (χ3v) is 5.20. The SMILES string of the molecule is Cc1ccc(C(=O)[C@H](C)OC(=O)C2CCN(C(=O)c3ccc(F)cc3)CC2)cc1. The van der Waals surface area contributed by atoms with E-state index < -0.39 is 17.9 Å². The monoisotopic (exact) mass is 397 g/mol. The van der Waals surface area contributed by atoms with Gasteiger partial charge in [0.15, 0.2) is 6.10 Å². The molecule has 0 aliphatic carbocycles. The topological polar surface area (TPSA) is 63.7 Å². The number of likely N-dealkylation sites (tertiary alicyclic amines) is 1. The Morgan fingerprint density at radius 1 is 0.966 bits per heavy atom. The first-order valence-electron chi connectivity index (χ1n) is 9.71. The number of amides is 1. The average Bonchev–Trinajstić information content (AvgIpc) is 2.74. The van der Waals surface area contributed by atoms with Crippen LogP contribution in [-0.4, -0.2) is 41.8 Å². The summed E-state index contributed by atoms with van der Waals surface area (Å²) in [4.78, 5) is 39.0. The highest BCUT2D eigenvalue weighted by Crippen LogP contribution is 2.22. The van der Waals surface area contributed by atoms with Crippen LogP contribution in [-0.2, 0) is 9.53 Å². The quantitative estimate of drug-likeness (QED) is 0.569. The van der Waals surface area contributed by atoms with E-state index in [0.29, 0.717) is 37.1 Å². The lowest BCUT2D eigenvalue weighted by atomic mass is 9.96. The molecule has 0 spiro atoms. The lowest BCUT2D eigenvalue weighted by Crippen LogP contribution is -2.41. The number of rotatable bonds is 5. The molecule has 0 N–H and O–H groups in total. The molecule has 0 saturated carbocycles. The molecule has 1 aliphatic rings. The van der Waals surface area contributed by atoms with Gasteiger partial charge in [-0.15, -0.1) is 0 Å². The molecule has 1 atom stereocenters. The molecular weight excluding hydrogens is 373 g/mol. The zero-order chi connectivity index (χ0) is 21.0. The van der Waals surface area contributed by atoms with E-state index in [2.05, 4.69) is 0 Å². The minimum absolute atomic E-state index is 0.181. The number of ether oxygens (including phenoxy) is 1. The highest BCUT2D eigenvalue weighted by molar-refractivity contribution is 6.00. The minimum Gasteiger partial charge on any atom is -0.454 e. The Hall–Kier alpha value is -3.02. The zero-order valence-corrected chi connectivity index (χ0v) is 16.6. The molecule has 0 unspecified atom stereocenters. The first-order chi connectivity index (χ1) is 13.8. The highest BCUT2D eigenvalue weighted by atomic mass is 19.1. The Morgan fingerprint density at radius 2 is 1.52 bits per heavy atom. The number of hydrogen-bond donors (Lipinski definition) is 0. The van der Waals surface area contributed by atoms with Crippen LogP contribution in [0, 0.1) is 18.7 Å². The summed E-state index contributed by atoms with van der Waals surface area (Å²) in [6.07, 6.45) is 0.0816. The van der Waals surface area contributed by atoms with Crippen molar-refractivity contribution < 1.29 is 23.5 Å². The molecule has 1 fully saturated rings. The van der Waals surface area contributed by atoms with Crippen molar-refractivity contribution in [2.75, 3.05) is 13.1 Å². The third-order valence-electron chi connectivity index (χ3n) is 5.20. The van der Waals surface area contributed by atoms with Gasteiger partial charge in [0, 0.05) is 24.2 Å². The summed E-state index contributed by atoms with van der Waals surface area (Å²) in [6.45, 7) is 4.34. The molecule has 2 aromatic carbocycles. The van der Waals surface area contributed by atoms with Crippen LogP contribution in [0.3, 0.4) is 0 Å². The van der Waals surface area contributed by atoms with Crippen molar-refractivity contribution in [1.82, 2.24) is 4.90 Å². The van der Waals surface area contributed by atoms with Gasteiger partial charge in [0.05, 0.1) is 5.92 Å². The van der Waals surface area contributed by atoms with Gasteiger partial charge in [-0.2, -0.15) is 0 Å². The van der Waals surface area contributed by atoms with Gasteiger partial charge < -0.3 is 9.64 Å². The fraction of sp³-hybridized carbons (Fsp3) is 0.348. The molecule has 29 heavy (non-hydrogen) atoms. The molecule has 0 aromatic heterocycles. The van der Waals surface area contributed by atoms with E-state index in [1.165, 1.54) is 24.3 Å². The van der Waals surface area contributed by atoms with Crippen molar-refractivity contribution in [3.63, 3.8) is 0 Å². The Labute approximate surface area is 169 Å². The summed E-state index contributed by atoms with van der Waals surface area (Å²) in [7, 11) is 0. The number of esters is 1. The first-order valence-corrected chi connectivity index (χ1v) is 9.71. The molecular formula is C23H24FNO4. The van der Waals surface area contributed by atoms with Crippen molar-refractivity contribution >= 4 is 17.7 Å². The van der Waals surface area contributed by atoms with Crippen molar-refractivity contribution in [3.8, 4) is 0 Å². The van der Waals surface area contributed by atoms with E-state index in [4.69, 9.17) is 4.74 Å². The third kappa shape index (κ3) is 5.08. The van der Waals surface area contributed by atoms with E-state index in [1.54, 1.807) is 24.0 Å². The molecule has 2 aromatic rings. The zero-order valence-electron chi connectivity index (χ0n) is 16.6. The number of nitrogens with zero attached hydrogens (tertiary/aromatic N) is 1. The maximum absolute atomic E-state index is 13.0. The number of carbonyl (C=O) groups is 3. The Bertz CT molecular complexity index is 884. The molecule has 3 rings (SSSR count). The van der Waals surface area contributed by atoms with Crippen LogP contribution in [0.25, 0.3) is 0 Å². The van der Waals surface area contributed by atoms with Crippen LogP contribution >= 0.6 is 0 Å². The summed E-state index contributed by atoms with van der Waals surface area (Å²) < 4.78 is 18.4. The molecule has 5 nitrogen and oxygen atoms in total. The van der Waals surface area contributed by atoms with Crippen molar-refractivity contribution in [3.05, 3.63) is 71.0 Å². The van der Waals surface area contributed by atoms with Crippen LogP contribution in [0.2, 0.25) is 0 Å². The van der Waals surface area contributed by atoms with Gasteiger partial charge in [-0.05, 0) is 51.0 Å². The van der Waals surface area contributed by atoms with Gasteiger partial charge in [-0.1, -0.05) is 29.8 Å². The molecule has 1 saturated heterocycles. The number of hydrogen-bond acceptors (Lipinski definition) is 4. The molecule has 0 radical (unpaired) electrons. The largest absolute Gasteiger partial charge is 0.454 e. The Morgan fingerprint density at radius 3 is 2.10 bits per heavy atom. The number of piperidine rings is 1. The standard InChI is InChI=1S/C23H24FNO4/c1-15-3-5-17(6-4-15)21(26)16(2)29-23(28)19-11-13-25(14-12-19)22(27)18-7-9-20(24)10-8-18/h3-10,16,19H,11-14H2,1-2H3/t16-/m0/s1. The Balaban J connectivity index is 1.51. The lowest BCUT2D eigenvalue weighted by molar-refractivity contribution is -0.152. The fourth-order valence-electron chi connectivity index (χ4n) is 3.37. The van der Waals surface area contributed by atoms with E-state index in [0.717, 1.165) is 5.56 Å². The molecule has 152 valence electrons. The molecule has 1 aliphatic heterocycles. The normalized spacial score (nSPS) is 15.6. The van der Waals surface area contributed by atoms with Crippen LogP contribution < -0.4 is 0 Å². The average molecular weight is 397 g/mol. The predicted octanol–water partition coefficient (Wildman–Crippen LogP) is 3.80. The van der Waals surface area contributed by atoms with Crippen molar-refractivity contribution in [2.24, 2.45) is 5.92 Å². The maximum Gasteiger partial charge on any atom is 0.309 e. The number of aryl methyl sites for hydroxylation is 1. The van der Waals surface area contributed by atoms with E-state index in [1.807, 2.05) is 19.1 Å². The van der Waals surface area contributed by atoms with Gasteiger partial charge in [-0.3, -0.25) is 14.4 Å². The van der Waals surface area contributed by atoms with Crippen LogP contribution in [0.1, 0.15) is 46.0 Å². The summed E-state index contributed by atoms with van der Waals surface area (Å²) in [5.41, 5.74) is 1.98. The second kappa shape index (κ2) is 8.99.